The fraction of sp³-hybridized carbons (Fsp3) is 0. The summed E-state index contributed by atoms with van der Waals surface area (Å²) in [6.07, 6.45) is 2.34. The van der Waals surface area contributed by atoms with Crippen LogP contribution in [0.2, 0.25) is 5.02 Å². The molecule has 0 radical (unpaired) electrons. The highest BCUT2D eigenvalue weighted by atomic mass is 35.5. The minimum absolute atomic E-state index is 0.373. The van der Waals surface area contributed by atoms with Crippen LogP contribution in [0, 0.1) is 0 Å². The Morgan fingerprint density at radius 2 is 1.38 bits per heavy atom. The van der Waals surface area contributed by atoms with Gasteiger partial charge in [-0.05, 0) is 30.3 Å². The molecule has 0 unspecified atom stereocenters. The van der Waals surface area contributed by atoms with E-state index in [4.69, 9.17) is 11.6 Å². The highest BCUT2D eigenvalue weighted by Crippen LogP contribution is 2.14. The van der Waals surface area contributed by atoms with E-state index in [9.17, 15) is 9.59 Å². The lowest BCUT2D eigenvalue weighted by molar-refractivity contribution is -0.114. The topological polar surface area (TPSA) is 58.2 Å². The van der Waals surface area contributed by atoms with Crippen molar-refractivity contribution in [3.05, 3.63) is 71.8 Å². The lowest BCUT2D eigenvalue weighted by Gasteiger charge is -2.02. The summed E-state index contributed by atoms with van der Waals surface area (Å²) in [4.78, 5) is 23.3. The Bertz CT molecular complexity index is 669. The standard InChI is InChI=1S/C16H13ClN2O2/c17-12-5-4-8-14(11-12)19-16(21)10-9-15(20)18-13-6-2-1-3-7-13/h1-11H,(H,18,20)(H,19,21)/b10-9+. The molecule has 106 valence electrons. The molecular formula is C16H13ClN2O2. The first-order chi connectivity index (χ1) is 10.1. The average Bonchev–Trinajstić information content (AvgIpc) is 2.46. The molecule has 0 heterocycles. The Morgan fingerprint density at radius 3 is 2.00 bits per heavy atom. The molecule has 0 spiro atoms. The van der Waals surface area contributed by atoms with Crippen LogP contribution in [0.4, 0.5) is 11.4 Å². The molecule has 4 nitrogen and oxygen atoms in total. The van der Waals surface area contributed by atoms with E-state index in [1.165, 1.54) is 12.2 Å². The van der Waals surface area contributed by atoms with Crippen molar-refractivity contribution in [2.24, 2.45) is 0 Å². The van der Waals surface area contributed by atoms with E-state index in [0.717, 1.165) is 0 Å². The van der Waals surface area contributed by atoms with Gasteiger partial charge in [0, 0.05) is 28.5 Å². The second kappa shape index (κ2) is 7.26. The van der Waals surface area contributed by atoms with Crippen LogP contribution in [0.25, 0.3) is 0 Å². The summed E-state index contributed by atoms with van der Waals surface area (Å²) >= 11 is 5.81. The van der Waals surface area contributed by atoms with Gasteiger partial charge in [0.25, 0.3) is 0 Å². The maximum Gasteiger partial charge on any atom is 0.248 e. The summed E-state index contributed by atoms with van der Waals surface area (Å²) in [5.74, 6) is -0.775. The predicted molar refractivity (Wildman–Crippen MR) is 84.3 cm³/mol. The number of hydrogen-bond acceptors (Lipinski definition) is 2. The molecule has 2 rings (SSSR count). The van der Waals surface area contributed by atoms with Crippen molar-refractivity contribution in [3.8, 4) is 0 Å². The number of anilines is 2. The fourth-order valence-electron chi connectivity index (χ4n) is 1.61. The molecule has 21 heavy (non-hydrogen) atoms. The largest absolute Gasteiger partial charge is 0.323 e. The first-order valence-corrected chi connectivity index (χ1v) is 6.62. The molecule has 0 aliphatic heterocycles. The minimum Gasteiger partial charge on any atom is -0.323 e. The van der Waals surface area contributed by atoms with Gasteiger partial charge in [0.05, 0.1) is 0 Å². The van der Waals surface area contributed by atoms with Crippen LogP contribution in [0.3, 0.4) is 0 Å². The number of amides is 2. The Kier molecular flexibility index (Phi) is 5.12. The smallest absolute Gasteiger partial charge is 0.248 e. The summed E-state index contributed by atoms with van der Waals surface area (Å²) in [5, 5.41) is 5.78. The van der Waals surface area contributed by atoms with Gasteiger partial charge in [-0.2, -0.15) is 0 Å². The molecule has 0 aromatic heterocycles. The maximum absolute atomic E-state index is 11.7. The molecule has 2 aromatic rings. The molecular weight excluding hydrogens is 288 g/mol. The van der Waals surface area contributed by atoms with Gasteiger partial charge in [0.1, 0.15) is 0 Å². The number of benzene rings is 2. The molecule has 0 bridgehead atoms. The van der Waals surface area contributed by atoms with Crippen molar-refractivity contribution in [2.75, 3.05) is 10.6 Å². The Hall–Kier alpha value is -2.59. The predicted octanol–water partition coefficient (Wildman–Crippen LogP) is 3.47. The molecule has 0 fully saturated rings. The van der Waals surface area contributed by atoms with Crippen molar-refractivity contribution in [2.45, 2.75) is 0 Å². The van der Waals surface area contributed by atoms with Crippen molar-refractivity contribution < 1.29 is 9.59 Å². The second-order valence-corrected chi connectivity index (χ2v) is 4.62. The van der Waals surface area contributed by atoms with Gasteiger partial charge in [0.2, 0.25) is 11.8 Å². The van der Waals surface area contributed by atoms with E-state index in [1.54, 1.807) is 36.4 Å². The number of nitrogens with one attached hydrogen (secondary N) is 2. The van der Waals surface area contributed by atoms with Gasteiger partial charge in [-0.1, -0.05) is 35.9 Å². The van der Waals surface area contributed by atoms with Crippen molar-refractivity contribution in [1.82, 2.24) is 0 Å². The second-order valence-electron chi connectivity index (χ2n) is 4.19. The highest BCUT2D eigenvalue weighted by molar-refractivity contribution is 6.30. The molecule has 0 atom stereocenters. The van der Waals surface area contributed by atoms with E-state index in [1.807, 2.05) is 18.2 Å². The minimum atomic E-state index is -0.402. The lowest BCUT2D eigenvalue weighted by atomic mass is 10.3. The van der Waals surface area contributed by atoms with E-state index in [2.05, 4.69) is 10.6 Å². The van der Waals surface area contributed by atoms with Crippen molar-refractivity contribution in [3.63, 3.8) is 0 Å². The van der Waals surface area contributed by atoms with Gasteiger partial charge in [0.15, 0.2) is 0 Å². The summed E-state index contributed by atoms with van der Waals surface area (Å²) in [5.41, 5.74) is 1.24. The van der Waals surface area contributed by atoms with Crippen LogP contribution in [0.5, 0.6) is 0 Å². The highest BCUT2D eigenvalue weighted by Gasteiger charge is 2.01. The summed E-state index contributed by atoms with van der Waals surface area (Å²) in [6.45, 7) is 0. The number of carbonyl (C=O) groups is 2. The summed E-state index contributed by atoms with van der Waals surface area (Å²) < 4.78 is 0. The third-order valence-electron chi connectivity index (χ3n) is 2.52. The Morgan fingerprint density at radius 1 is 0.810 bits per heavy atom. The van der Waals surface area contributed by atoms with Gasteiger partial charge in [-0.15, -0.1) is 0 Å². The number of para-hydroxylation sites is 1. The van der Waals surface area contributed by atoms with Crippen LogP contribution in [0.15, 0.2) is 66.7 Å². The first kappa shape index (κ1) is 14.8. The summed E-state index contributed by atoms with van der Waals surface area (Å²) in [6, 6.07) is 15.8. The van der Waals surface area contributed by atoms with E-state index < -0.39 is 5.91 Å². The molecule has 2 N–H and O–H groups in total. The third-order valence-corrected chi connectivity index (χ3v) is 2.75. The SMILES string of the molecule is O=C(/C=C/C(=O)Nc1cccc(Cl)c1)Nc1ccccc1. The van der Waals surface area contributed by atoms with E-state index >= 15 is 0 Å². The molecule has 2 amide bonds. The Balaban J connectivity index is 1.88. The number of halogens is 1. The number of rotatable bonds is 4. The first-order valence-electron chi connectivity index (χ1n) is 6.24. The summed E-state index contributed by atoms with van der Waals surface area (Å²) in [7, 11) is 0. The fourth-order valence-corrected chi connectivity index (χ4v) is 1.80. The zero-order valence-corrected chi connectivity index (χ0v) is 11.8. The zero-order valence-electron chi connectivity index (χ0n) is 11.0. The maximum atomic E-state index is 11.7. The lowest BCUT2D eigenvalue weighted by Crippen LogP contribution is -2.11. The molecule has 5 heteroatoms. The van der Waals surface area contributed by atoms with Gasteiger partial charge in [-0.3, -0.25) is 9.59 Å². The van der Waals surface area contributed by atoms with Crippen LogP contribution >= 0.6 is 11.6 Å². The normalized spacial score (nSPS) is 10.3. The Labute approximate surface area is 127 Å². The molecule has 0 saturated heterocycles. The van der Waals surface area contributed by atoms with Gasteiger partial charge in [-0.25, -0.2) is 0 Å². The van der Waals surface area contributed by atoms with E-state index in [0.29, 0.717) is 16.4 Å². The average molecular weight is 301 g/mol. The molecule has 0 aliphatic rings. The van der Waals surface area contributed by atoms with Crippen LogP contribution in [-0.2, 0) is 9.59 Å². The van der Waals surface area contributed by atoms with Crippen molar-refractivity contribution in [1.29, 1.82) is 0 Å². The quantitative estimate of drug-likeness (QED) is 0.849. The monoisotopic (exact) mass is 300 g/mol. The third kappa shape index (κ3) is 5.12. The van der Waals surface area contributed by atoms with Gasteiger partial charge < -0.3 is 10.6 Å². The van der Waals surface area contributed by atoms with E-state index in [-0.39, 0.29) is 5.91 Å². The molecule has 2 aromatic carbocycles. The van der Waals surface area contributed by atoms with Crippen LogP contribution in [-0.4, -0.2) is 11.8 Å². The van der Waals surface area contributed by atoms with Crippen LogP contribution < -0.4 is 10.6 Å². The number of hydrogen-bond donors (Lipinski definition) is 2. The molecule has 0 aliphatic carbocycles. The van der Waals surface area contributed by atoms with Gasteiger partial charge >= 0.3 is 0 Å². The number of carbonyl (C=O) groups excluding carboxylic acids is 2. The molecule has 0 saturated carbocycles. The van der Waals surface area contributed by atoms with Crippen LogP contribution in [0.1, 0.15) is 0 Å². The zero-order chi connectivity index (χ0) is 15.1. The van der Waals surface area contributed by atoms with Crippen molar-refractivity contribution >= 4 is 34.8 Å².